The zero-order valence-electron chi connectivity index (χ0n) is 10.1. The van der Waals surface area contributed by atoms with E-state index in [2.05, 4.69) is 0 Å². The van der Waals surface area contributed by atoms with Gasteiger partial charge in [-0.2, -0.15) is 0 Å². The van der Waals surface area contributed by atoms with Crippen molar-refractivity contribution in [3.8, 4) is 0 Å². The molecule has 4 nitrogen and oxygen atoms in total. The number of furan rings is 1. The zero-order valence-corrected chi connectivity index (χ0v) is 9.10. The number of benzene rings is 1. The highest BCUT2D eigenvalue weighted by atomic mass is 16.6. The van der Waals surface area contributed by atoms with Crippen molar-refractivity contribution in [2.24, 2.45) is 0 Å². The third kappa shape index (κ3) is 2.42. The lowest BCUT2D eigenvalue weighted by Gasteiger charge is -2.01. The molecule has 0 N–H and O–H groups in total. The van der Waals surface area contributed by atoms with E-state index in [1.807, 2.05) is 0 Å². The van der Waals surface area contributed by atoms with Crippen LogP contribution in [-0.4, -0.2) is 11.9 Å². The highest BCUT2D eigenvalue weighted by molar-refractivity contribution is 6.02. The van der Waals surface area contributed by atoms with Crippen molar-refractivity contribution in [1.29, 1.82) is 0 Å². The Balaban J connectivity index is 2.13. The SMILES string of the molecule is [2H]c1cc(C(=O)OC(=O)c2ccccc2)c(C)o1. The average molecular weight is 231 g/mol. The molecule has 1 aromatic carbocycles. The van der Waals surface area contributed by atoms with Gasteiger partial charge in [0.15, 0.2) is 0 Å². The van der Waals surface area contributed by atoms with Gasteiger partial charge in [-0.1, -0.05) is 18.2 Å². The van der Waals surface area contributed by atoms with E-state index in [1.54, 1.807) is 30.3 Å². The van der Waals surface area contributed by atoms with Crippen molar-refractivity contribution in [2.75, 3.05) is 0 Å². The molecule has 1 aromatic heterocycles. The van der Waals surface area contributed by atoms with Crippen molar-refractivity contribution in [3.63, 3.8) is 0 Å². The second-order valence-corrected chi connectivity index (χ2v) is 3.38. The highest BCUT2D eigenvalue weighted by Crippen LogP contribution is 2.11. The molecule has 0 bridgehead atoms. The van der Waals surface area contributed by atoms with E-state index in [1.165, 1.54) is 13.0 Å². The smallest absolute Gasteiger partial charge is 0.349 e. The first kappa shape index (κ1) is 9.84. The van der Waals surface area contributed by atoms with Gasteiger partial charge in [0.2, 0.25) is 0 Å². The van der Waals surface area contributed by atoms with Gasteiger partial charge in [-0.15, -0.1) is 0 Å². The van der Waals surface area contributed by atoms with Gasteiger partial charge in [-0.05, 0) is 25.1 Å². The molecule has 0 saturated heterocycles. The Bertz CT molecular complexity index is 586. The first-order valence-corrected chi connectivity index (χ1v) is 4.96. The Kier molecular flexibility index (Phi) is 2.69. The van der Waals surface area contributed by atoms with Crippen LogP contribution in [0.3, 0.4) is 0 Å². The molecule has 0 aliphatic rings. The summed E-state index contributed by atoms with van der Waals surface area (Å²) in [6.45, 7) is 1.53. The molecular weight excluding hydrogens is 220 g/mol. The summed E-state index contributed by atoms with van der Waals surface area (Å²) in [5.41, 5.74) is 0.377. The van der Waals surface area contributed by atoms with Crippen LogP contribution in [0.4, 0.5) is 0 Å². The predicted molar refractivity (Wildman–Crippen MR) is 59.6 cm³/mol. The summed E-state index contributed by atoms with van der Waals surface area (Å²) < 4.78 is 16.8. The van der Waals surface area contributed by atoms with Crippen molar-refractivity contribution in [1.82, 2.24) is 0 Å². The Morgan fingerprint density at radius 1 is 1.18 bits per heavy atom. The van der Waals surface area contributed by atoms with E-state index in [0.717, 1.165) is 0 Å². The van der Waals surface area contributed by atoms with Gasteiger partial charge in [-0.3, -0.25) is 0 Å². The Hall–Kier alpha value is -2.36. The summed E-state index contributed by atoms with van der Waals surface area (Å²) in [4.78, 5) is 23.3. The average Bonchev–Trinajstić information content (AvgIpc) is 2.69. The van der Waals surface area contributed by atoms with E-state index in [0.29, 0.717) is 0 Å². The minimum absolute atomic E-state index is 0.0873. The standard InChI is InChI=1S/C13H10O4/c1-9-11(7-8-16-9)13(15)17-12(14)10-5-3-2-4-6-10/h2-8H,1H3/i8D. The normalized spacial score (nSPS) is 10.8. The second-order valence-electron chi connectivity index (χ2n) is 3.38. The molecule has 2 rings (SSSR count). The van der Waals surface area contributed by atoms with Gasteiger partial charge in [0.05, 0.1) is 11.8 Å². The molecule has 0 spiro atoms. The van der Waals surface area contributed by atoms with Gasteiger partial charge in [0.1, 0.15) is 12.7 Å². The Labute approximate surface area is 99.2 Å². The van der Waals surface area contributed by atoms with Gasteiger partial charge in [-0.25, -0.2) is 9.59 Å². The van der Waals surface area contributed by atoms with Crippen LogP contribution in [0.1, 0.15) is 27.8 Å². The quantitative estimate of drug-likeness (QED) is 0.588. The van der Waals surface area contributed by atoms with Crippen LogP contribution in [0.2, 0.25) is 0 Å². The molecule has 0 unspecified atom stereocenters. The number of esters is 2. The molecule has 0 amide bonds. The minimum Gasteiger partial charge on any atom is -0.469 e. The number of carbonyl (C=O) groups excluding carboxylic acids is 2. The molecule has 1 heterocycles. The van der Waals surface area contributed by atoms with Gasteiger partial charge >= 0.3 is 11.9 Å². The number of carbonyl (C=O) groups is 2. The number of rotatable bonds is 2. The first-order chi connectivity index (χ1) is 8.58. The fraction of sp³-hybridized carbons (Fsp3) is 0.0769. The summed E-state index contributed by atoms with van der Waals surface area (Å²) in [5, 5.41) is 0. The Morgan fingerprint density at radius 2 is 1.88 bits per heavy atom. The lowest BCUT2D eigenvalue weighted by molar-refractivity contribution is 0.0397. The van der Waals surface area contributed by atoms with Crippen LogP contribution in [0.15, 0.2) is 47.1 Å². The summed E-state index contributed by atoms with van der Waals surface area (Å²) in [7, 11) is 0. The van der Waals surface area contributed by atoms with E-state index in [-0.39, 0.29) is 23.1 Å². The highest BCUT2D eigenvalue weighted by Gasteiger charge is 2.17. The number of hydrogen-bond acceptors (Lipinski definition) is 4. The molecule has 86 valence electrons. The molecule has 0 aliphatic carbocycles. The number of ether oxygens (including phenoxy) is 1. The van der Waals surface area contributed by atoms with Gasteiger partial charge in [0, 0.05) is 0 Å². The first-order valence-electron chi connectivity index (χ1n) is 5.46. The predicted octanol–water partition coefficient (Wildman–Crippen LogP) is 2.59. The van der Waals surface area contributed by atoms with Crippen molar-refractivity contribution >= 4 is 11.9 Å². The molecule has 4 heteroatoms. The summed E-state index contributed by atoms with van der Waals surface area (Å²) >= 11 is 0. The van der Waals surface area contributed by atoms with E-state index in [9.17, 15) is 9.59 Å². The van der Waals surface area contributed by atoms with Crippen LogP contribution in [-0.2, 0) is 4.74 Å². The number of hydrogen-bond donors (Lipinski definition) is 0. The molecular formula is C13H10O4. The van der Waals surface area contributed by atoms with E-state index >= 15 is 0 Å². The molecule has 0 fully saturated rings. The molecule has 17 heavy (non-hydrogen) atoms. The third-order valence-corrected chi connectivity index (χ3v) is 2.21. The molecule has 2 aromatic rings. The lowest BCUT2D eigenvalue weighted by atomic mass is 10.2. The Morgan fingerprint density at radius 3 is 2.47 bits per heavy atom. The van der Waals surface area contributed by atoms with Crippen LogP contribution >= 0.6 is 0 Å². The fourth-order valence-corrected chi connectivity index (χ4v) is 1.31. The summed E-state index contributed by atoms with van der Waals surface area (Å²) in [6.07, 6.45) is -0.147. The third-order valence-electron chi connectivity index (χ3n) is 2.21. The van der Waals surface area contributed by atoms with Gasteiger partial charge in [0.25, 0.3) is 0 Å². The maximum atomic E-state index is 11.7. The zero-order chi connectivity index (χ0) is 13.1. The molecule has 0 radical (unpaired) electrons. The summed E-state index contributed by atoms with van der Waals surface area (Å²) in [5.74, 6) is -1.29. The van der Waals surface area contributed by atoms with Crippen LogP contribution in [0, 0.1) is 6.92 Å². The monoisotopic (exact) mass is 231 g/mol. The van der Waals surface area contributed by atoms with Crippen molar-refractivity contribution < 1.29 is 20.1 Å². The van der Waals surface area contributed by atoms with Crippen LogP contribution < -0.4 is 0 Å². The fourth-order valence-electron chi connectivity index (χ4n) is 1.31. The van der Waals surface area contributed by atoms with Crippen molar-refractivity contribution in [2.45, 2.75) is 6.92 Å². The minimum atomic E-state index is -0.816. The molecule has 0 aliphatic heterocycles. The number of aryl methyl sites for hydroxylation is 1. The topological polar surface area (TPSA) is 56.5 Å². The second kappa shape index (κ2) is 4.65. The van der Waals surface area contributed by atoms with Crippen LogP contribution in [0.25, 0.3) is 0 Å². The maximum absolute atomic E-state index is 11.7. The van der Waals surface area contributed by atoms with Gasteiger partial charge < -0.3 is 9.15 Å². The van der Waals surface area contributed by atoms with Crippen molar-refractivity contribution in [3.05, 3.63) is 59.5 Å². The lowest BCUT2D eigenvalue weighted by Crippen LogP contribution is -2.12. The van der Waals surface area contributed by atoms with E-state index in [4.69, 9.17) is 10.5 Å². The van der Waals surface area contributed by atoms with Crippen LogP contribution in [0.5, 0.6) is 0 Å². The summed E-state index contributed by atoms with van der Waals surface area (Å²) in [6, 6.07) is 9.42. The van der Waals surface area contributed by atoms with E-state index < -0.39 is 11.9 Å². The largest absolute Gasteiger partial charge is 0.469 e. The molecule has 0 atom stereocenters. The maximum Gasteiger partial charge on any atom is 0.349 e. The molecule has 0 saturated carbocycles.